The highest BCUT2D eigenvalue weighted by Gasteiger charge is 2.24. The third kappa shape index (κ3) is 2.33. The maximum absolute atomic E-state index is 5.08. The van der Waals surface area contributed by atoms with Crippen LogP contribution in [0.15, 0.2) is 0 Å². The lowest BCUT2D eigenvalue weighted by atomic mass is 9.92. The second kappa shape index (κ2) is 2.27. The molecule has 1 aliphatic rings. The minimum Gasteiger partial charge on any atom is -0.326 e. The molecule has 0 amide bonds. The zero-order valence-electron chi connectivity index (χ0n) is 6.31. The van der Waals surface area contributed by atoms with E-state index < -0.39 is 0 Å². The predicted molar refractivity (Wildman–Crippen MR) is 34.9 cm³/mol. The van der Waals surface area contributed by atoms with Gasteiger partial charge in [0.05, 0.1) is 0 Å². The van der Waals surface area contributed by atoms with Crippen LogP contribution in [-0.2, 0) is 9.47 Å². The zero-order valence-corrected chi connectivity index (χ0v) is 6.31. The average molecular weight is 130 g/mol. The summed E-state index contributed by atoms with van der Waals surface area (Å²) in [6.07, 6.45) is 1.07. The van der Waals surface area contributed by atoms with E-state index in [1.54, 1.807) is 0 Å². The van der Waals surface area contributed by atoms with Crippen LogP contribution in [0.5, 0.6) is 0 Å². The Labute approximate surface area is 56.2 Å². The molecule has 1 saturated heterocycles. The molecule has 9 heavy (non-hydrogen) atoms. The molecule has 0 aromatic carbocycles. The molecule has 0 unspecified atom stereocenters. The summed E-state index contributed by atoms with van der Waals surface area (Å²) in [5.74, 6) is 0. The highest BCUT2D eigenvalue weighted by atomic mass is 16.8. The van der Waals surface area contributed by atoms with Gasteiger partial charge in [-0.3, -0.25) is 0 Å². The van der Waals surface area contributed by atoms with Crippen molar-refractivity contribution in [2.75, 3.05) is 6.79 Å². The van der Waals surface area contributed by atoms with Gasteiger partial charge in [-0.2, -0.15) is 0 Å². The van der Waals surface area contributed by atoms with Crippen LogP contribution in [0.3, 0.4) is 0 Å². The largest absolute Gasteiger partial charge is 0.326 e. The molecule has 0 aromatic rings. The summed E-state index contributed by atoms with van der Waals surface area (Å²) in [5, 5.41) is 0. The van der Waals surface area contributed by atoms with Crippen molar-refractivity contribution in [3.05, 3.63) is 0 Å². The SMILES string of the molecule is CC(C)(C)CC1OCO1. The first-order chi connectivity index (χ1) is 4.08. The van der Waals surface area contributed by atoms with Crippen LogP contribution in [0.25, 0.3) is 0 Å². The normalized spacial score (nSPS) is 21.7. The molecule has 2 heteroatoms. The minimum atomic E-state index is 0.0741. The quantitative estimate of drug-likeness (QED) is 0.538. The lowest BCUT2D eigenvalue weighted by Gasteiger charge is -2.32. The molecule has 1 heterocycles. The summed E-state index contributed by atoms with van der Waals surface area (Å²) in [6, 6.07) is 0. The molecule has 0 N–H and O–H groups in total. The predicted octanol–water partition coefficient (Wildman–Crippen LogP) is 1.75. The van der Waals surface area contributed by atoms with Crippen LogP contribution >= 0.6 is 0 Å². The molecule has 0 aromatic heterocycles. The third-order valence-electron chi connectivity index (χ3n) is 1.29. The van der Waals surface area contributed by atoms with Crippen LogP contribution in [0.2, 0.25) is 0 Å². The van der Waals surface area contributed by atoms with Gasteiger partial charge in [0.25, 0.3) is 0 Å². The summed E-state index contributed by atoms with van der Waals surface area (Å²) in [6.45, 7) is 7.02. The molecule has 1 rings (SSSR count). The van der Waals surface area contributed by atoms with E-state index in [1.165, 1.54) is 0 Å². The van der Waals surface area contributed by atoms with E-state index in [0.717, 1.165) is 6.42 Å². The molecule has 2 nitrogen and oxygen atoms in total. The van der Waals surface area contributed by atoms with Gasteiger partial charge in [0, 0.05) is 6.42 Å². The first-order valence-electron chi connectivity index (χ1n) is 3.31. The van der Waals surface area contributed by atoms with Crippen molar-refractivity contribution in [3.8, 4) is 0 Å². The summed E-state index contributed by atoms with van der Waals surface area (Å²) in [4.78, 5) is 0. The van der Waals surface area contributed by atoms with Gasteiger partial charge in [0.1, 0.15) is 0 Å². The fourth-order valence-electron chi connectivity index (χ4n) is 0.782. The molecule has 0 bridgehead atoms. The Morgan fingerprint density at radius 3 is 2.00 bits per heavy atom. The van der Waals surface area contributed by atoms with Crippen LogP contribution in [-0.4, -0.2) is 13.1 Å². The zero-order chi connectivity index (χ0) is 6.91. The smallest absolute Gasteiger partial charge is 0.163 e. The standard InChI is InChI=1S/C7H14O2/c1-7(2,3)4-6-8-5-9-6/h6H,4-5H2,1-3H3. The van der Waals surface area contributed by atoms with Crippen molar-refractivity contribution in [2.24, 2.45) is 5.41 Å². The second-order valence-electron chi connectivity index (χ2n) is 3.65. The molecule has 0 radical (unpaired) electrons. The third-order valence-corrected chi connectivity index (χ3v) is 1.29. The molecule has 0 aliphatic carbocycles. The topological polar surface area (TPSA) is 18.5 Å². The van der Waals surface area contributed by atoms with Crippen molar-refractivity contribution in [3.63, 3.8) is 0 Å². The summed E-state index contributed by atoms with van der Waals surface area (Å²) in [5.41, 5.74) is 0.324. The van der Waals surface area contributed by atoms with Crippen molar-refractivity contribution in [1.82, 2.24) is 0 Å². The molecular weight excluding hydrogens is 116 g/mol. The number of hydrogen-bond donors (Lipinski definition) is 0. The Bertz CT molecular complexity index is 89.6. The van der Waals surface area contributed by atoms with Gasteiger partial charge < -0.3 is 9.47 Å². The van der Waals surface area contributed by atoms with E-state index >= 15 is 0 Å². The summed E-state index contributed by atoms with van der Waals surface area (Å²) >= 11 is 0. The number of hydrogen-bond acceptors (Lipinski definition) is 2. The fraction of sp³-hybridized carbons (Fsp3) is 1.00. The summed E-state index contributed by atoms with van der Waals surface area (Å²) < 4.78 is 10.2. The Kier molecular flexibility index (Phi) is 1.78. The van der Waals surface area contributed by atoms with Gasteiger partial charge in [-0.15, -0.1) is 0 Å². The average Bonchev–Trinajstić information content (AvgIpc) is 1.53. The lowest BCUT2D eigenvalue weighted by molar-refractivity contribution is -0.328. The van der Waals surface area contributed by atoms with Crippen molar-refractivity contribution >= 4 is 0 Å². The van der Waals surface area contributed by atoms with Crippen molar-refractivity contribution in [2.45, 2.75) is 33.5 Å². The fourth-order valence-corrected chi connectivity index (χ4v) is 0.782. The molecule has 0 spiro atoms. The van der Waals surface area contributed by atoms with E-state index in [-0.39, 0.29) is 6.29 Å². The Balaban J connectivity index is 2.16. The minimum absolute atomic E-state index is 0.0741. The second-order valence-corrected chi connectivity index (χ2v) is 3.65. The molecule has 54 valence electrons. The van der Waals surface area contributed by atoms with Gasteiger partial charge in [-0.05, 0) is 5.41 Å². The van der Waals surface area contributed by atoms with Gasteiger partial charge in [-0.1, -0.05) is 20.8 Å². The highest BCUT2D eigenvalue weighted by molar-refractivity contribution is 4.65. The van der Waals surface area contributed by atoms with Crippen LogP contribution in [0, 0.1) is 5.41 Å². The van der Waals surface area contributed by atoms with E-state index in [4.69, 9.17) is 9.47 Å². The Morgan fingerprint density at radius 2 is 1.89 bits per heavy atom. The van der Waals surface area contributed by atoms with E-state index in [1.807, 2.05) is 0 Å². The molecule has 1 fully saturated rings. The van der Waals surface area contributed by atoms with Crippen LogP contribution in [0.4, 0.5) is 0 Å². The van der Waals surface area contributed by atoms with E-state index in [2.05, 4.69) is 20.8 Å². The van der Waals surface area contributed by atoms with Gasteiger partial charge >= 0.3 is 0 Å². The van der Waals surface area contributed by atoms with E-state index in [0.29, 0.717) is 12.2 Å². The van der Waals surface area contributed by atoms with Crippen LogP contribution in [0.1, 0.15) is 27.2 Å². The Hall–Kier alpha value is -0.0800. The van der Waals surface area contributed by atoms with Gasteiger partial charge in [-0.25, -0.2) is 0 Å². The summed E-state index contributed by atoms with van der Waals surface area (Å²) in [7, 11) is 0. The Morgan fingerprint density at radius 1 is 1.33 bits per heavy atom. The van der Waals surface area contributed by atoms with Gasteiger partial charge in [0.2, 0.25) is 0 Å². The molecule has 1 aliphatic heterocycles. The lowest BCUT2D eigenvalue weighted by Crippen LogP contribution is -2.34. The number of rotatable bonds is 1. The first kappa shape index (κ1) is 7.03. The van der Waals surface area contributed by atoms with Crippen molar-refractivity contribution < 1.29 is 9.47 Å². The highest BCUT2D eigenvalue weighted by Crippen LogP contribution is 2.25. The first-order valence-corrected chi connectivity index (χ1v) is 3.31. The van der Waals surface area contributed by atoms with Crippen LogP contribution < -0.4 is 0 Å². The molecule has 0 atom stereocenters. The van der Waals surface area contributed by atoms with Gasteiger partial charge in [0.15, 0.2) is 13.1 Å². The maximum Gasteiger partial charge on any atom is 0.163 e. The monoisotopic (exact) mass is 130 g/mol. The van der Waals surface area contributed by atoms with E-state index in [9.17, 15) is 0 Å². The molecule has 0 saturated carbocycles. The number of ether oxygens (including phenoxy) is 2. The maximum atomic E-state index is 5.08. The van der Waals surface area contributed by atoms with Crippen molar-refractivity contribution in [1.29, 1.82) is 0 Å². The molecular formula is C7H14O2.